The first kappa shape index (κ1) is 15.9. The Balaban J connectivity index is 2.07. The number of hydrogen-bond donors (Lipinski definition) is 1. The summed E-state index contributed by atoms with van der Waals surface area (Å²) in [5, 5.41) is 3.29. The number of hydrogen-bond acceptors (Lipinski definition) is 2. The van der Waals surface area contributed by atoms with Crippen LogP contribution in [0.3, 0.4) is 0 Å². The molecule has 1 aromatic carbocycles. The molecular formula is C18H28N2O. The first-order valence-electron chi connectivity index (χ1n) is 8.13. The van der Waals surface area contributed by atoms with E-state index in [0.717, 1.165) is 49.3 Å². The van der Waals surface area contributed by atoms with E-state index in [-0.39, 0.29) is 5.91 Å². The number of carbonyl (C=O) groups is 1. The highest BCUT2D eigenvalue weighted by atomic mass is 16.2. The molecule has 0 aromatic heterocycles. The second kappa shape index (κ2) is 6.50. The second-order valence-corrected chi connectivity index (χ2v) is 6.52. The van der Waals surface area contributed by atoms with E-state index in [1.54, 1.807) is 0 Å². The molecule has 1 aromatic rings. The van der Waals surface area contributed by atoms with Crippen molar-refractivity contribution in [3.63, 3.8) is 0 Å². The van der Waals surface area contributed by atoms with Gasteiger partial charge in [0.1, 0.15) is 0 Å². The number of benzene rings is 1. The minimum atomic E-state index is 0.189. The Morgan fingerprint density at radius 2 is 1.95 bits per heavy atom. The zero-order valence-corrected chi connectivity index (χ0v) is 13.8. The third kappa shape index (κ3) is 3.58. The molecule has 1 amide bonds. The number of nitrogens with zero attached hydrogens (tertiary/aromatic N) is 1. The molecule has 3 nitrogen and oxygen atoms in total. The van der Waals surface area contributed by atoms with Gasteiger partial charge >= 0.3 is 0 Å². The van der Waals surface area contributed by atoms with Crippen LogP contribution in [0.5, 0.6) is 0 Å². The van der Waals surface area contributed by atoms with E-state index in [1.807, 2.05) is 24.0 Å². The molecule has 0 spiro atoms. The molecule has 0 aliphatic carbocycles. The molecule has 21 heavy (non-hydrogen) atoms. The molecule has 0 atom stereocenters. The van der Waals surface area contributed by atoms with Crippen LogP contribution in [0.4, 0.5) is 5.69 Å². The number of anilines is 1. The molecule has 3 heteroatoms. The number of amides is 1. The summed E-state index contributed by atoms with van der Waals surface area (Å²) in [7, 11) is 0. The van der Waals surface area contributed by atoms with Crippen molar-refractivity contribution in [2.45, 2.75) is 47.0 Å². The van der Waals surface area contributed by atoms with Crippen LogP contribution in [0.25, 0.3) is 0 Å². The van der Waals surface area contributed by atoms with E-state index in [4.69, 9.17) is 0 Å². The van der Waals surface area contributed by atoms with Gasteiger partial charge in [0.15, 0.2) is 0 Å². The number of rotatable bonds is 4. The zero-order chi connectivity index (χ0) is 15.5. The van der Waals surface area contributed by atoms with E-state index >= 15 is 0 Å². The lowest BCUT2D eigenvalue weighted by molar-refractivity contribution is 0.0599. The van der Waals surface area contributed by atoms with Crippen molar-refractivity contribution in [1.29, 1.82) is 0 Å². The van der Waals surface area contributed by atoms with Gasteiger partial charge in [0, 0.05) is 30.9 Å². The first-order valence-corrected chi connectivity index (χ1v) is 8.13. The number of carbonyl (C=O) groups excluding carboxylic acids is 1. The monoisotopic (exact) mass is 288 g/mol. The quantitative estimate of drug-likeness (QED) is 0.905. The molecule has 0 saturated carbocycles. The lowest BCUT2D eigenvalue weighted by Gasteiger charge is -2.39. The van der Waals surface area contributed by atoms with Crippen molar-refractivity contribution in [1.82, 2.24) is 4.90 Å². The van der Waals surface area contributed by atoms with Crippen LogP contribution < -0.4 is 5.32 Å². The fourth-order valence-corrected chi connectivity index (χ4v) is 2.99. The molecule has 0 unspecified atom stereocenters. The van der Waals surface area contributed by atoms with E-state index in [9.17, 15) is 4.79 Å². The predicted octanol–water partition coefficient (Wildman–Crippen LogP) is 4.08. The van der Waals surface area contributed by atoms with Crippen molar-refractivity contribution < 1.29 is 4.79 Å². The van der Waals surface area contributed by atoms with Gasteiger partial charge in [0.2, 0.25) is 0 Å². The van der Waals surface area contributed by atoms with E-state index in [1.165, 1.54) is 6.42 Å². The van der Waals surface area contributed by atoms with Gasteiger partial charge in [-0.2, -0.15) is 0 Å². The Hall–Kier alpha value is -1.51. The summed E-state index contributed by atoms with van der Waals surface area (Å²) >= 11 is 0. The molecule has 1 saturated heterocycles. The van der Waals surface area contributed by atoms with Crippen molar-refractivity contribution in [3.8, 4) is 0 Å². The Morgan fingerprint density at radius 1 is 1.29 bits per heavy atom. The van der Waals surface area contributed by atoms with Gasteiger partial charge in [-0.3, -0.25) is 4.79 Å². The van der Waals surface area contributed by atoms with Gasteiger partial charge in [-0.15, -0.1) is 0 Å². The van der Waals surface area contributed by atoms with E-state index in [0.29, 0.717) is 5.41 Å². The highest BCUT2D eigenvalue weighted by Gasteiger charge is 2.30. The molecule has 0 bridgehead atoms. The minimum Gasteiger partial charge on any atom is -0.385 e. The summed E-state index contributed by atoms with van der Waals surface area (Å²) in [5.41, 5.74) is 3.41. The van der Waals surface area contributed by atoms with Gasteiger partial charge in [0.25, 0.3) is 5.91 Å². The van der Waals surface area contributed by atoms with Gasteiger partial charge in [0.05, 0.1) is 0 Å². The highest BCUT2D eigenvalue weighted by Crippen LogP contribution is 2.34. The summed E-state index contributed by atoms with van der Waals surface area (Å²) in [5.74, 6) is 0.189. The van der Waals surface area contributed by atoms with Crippen LogP contribution in [0.15, 0.2) is 18.2 Å². The summed E-state index contributed by atoms with van der Waals surface area (Å²) < 4.78 is 0. The topological polar surface area (TPSA) is 32.3 Å². The van der Waals surface area contributed by atoms with Crippen molar-refractivity contribution in [2.75, 3.05) is 25.0 Å². The van der Waals surface area contributed by atoms with Crippen molar-refractivity contribution >= 4 is 11.6 Å². The summed E-state index contributed by atoms with van der Waals surface area (Å²) in [6.45, 7) is 11.4. The van der Waals surface area contributed by atoms with E-state index < -0.39 is 0 Å². The normalized spacial score (nSPS) is 17.6. The Bertz CT molecular complexity index is 502. The molecule has 1 aliphatic rings. The molecule has 1 fully saturated rings. The van der Waals surface area contributed by atoms with Gasteiger partial charge in [-0.25, -0.2) is 0 Å². The summed E-state index contributed by atoms with van der Waals surface area (Å²) in [4.78, 5) is 14.7. The molecule has 2 rings (SSSR count). The van der Waals surface area contributed by atoms with Crippen LogP contribution in [-0.4, -0.2) is 30.4 Å². The lowest BCUT2D eigenvalue weighted by Crippen LogP contribution is -2.42. The largest absolute Gasteiger partial charge is 0.385 e. The summed E-state index contributed by atoms with van der Waals surface area (Å²) in [6.07, 6.45) is 3.43. The highest BCUT2D eigenvalue weighted by molar-refractivity contribution is 5.96. The summed E-state index contributed by atoms with van der Waals surface area (Å²) in [6, 6.07) is 6.03. The van der Waals surface area contributed by atoms with Crippen LogP contribution in [0, 0.1) is 12.3 Å². The lowest BCUT2D eigenvalue weighted by atomic mass is 9.78. The first-order chi connectivity index (χ1) is 9.99. The van der Waals surface area contributed by atoms with E-state index in [2.05, 4.69) is 32.2 Å². The maximum atomic E-state index is 12.7. The molecule has 116 valence electrons. The Labute approximate surface area is 128 Å². The average molecular weight is 288 g/mol. The van der Waals surface area contributed by atoms with Gasteiger partial charge in [-0.1, -0.05) is 20.3 Å². The number of piperidine rings is 1. The second-order valence-electron chi connectivity index (χ2n) is 6.52. The smallest absolute Gasteiger partial charge is 0.254 e. The van der Waals surface area contributed by atoms with Crippen LogP contribution in [0.1, 0.15) is 56.0 Å². The molecule has 1 heterocycles. The predicted molar refractivity (Wildman–Crippen MR) is 88.9 cm³/mol. The third-order valence-electron chi connectivity index (χ3n) is 4.95. The maximum Gasteiger partial charge on any atom is 0.254 e. The fourth-order valence-electron chi connectivity index (χ4n) is 2.99. The number of aryl methyl sites for hydroxylation is 1. The Kier molecular flexibility index (Phi) is 4.92. The molecule has 0 radical (unpaired) electrons. The average Bonchev–Trinajstić information content (AvgIpc) is 2.48. The van der Waals surface area contributed by atoms with Gasteiger partial charge < -0.3 is 10.2 Å². The minimum absolute atomic E-state index is 0.189. The maximum absolute atomic E-state index is 12.7. The van der Waals surface area contributed by atoms with Crippen molar-refractivity contribution in [3.05, 3.63) is 29.3 Å². The van der Waals surface area contributed by atoms with Crippen LogP contribution >= 0.6 is 0 Å². The molecule has 1 N–H and O–H groups in total. The molecular weight excluding hydrogens is 260 g/mol. The molecule has 1 aliphatic heterocycles. The SMILES string of the molecule is CCNc1ccc(C(=O)N2CCC(C)(CC)CC2)c(C)c1. The zero-order valence-electron chi connectivity index (χ0n) is 13.8. The third-order valence-corrected chi connectivity index (χ3v) is 4.95. The standard InChI is InChI=1S/C18H28N2O/c1-5-18(4)9-11-20(12-10-18)17(21)16-8-7-15(19-6-2)13-14(16)3/h7-8,13,19H,5-6,9-12H2,1-4H3. The van der Waals surface area contributed by atoms with Crippen LogP contribution in [0.2, 0.25) is 0 Å². The van der Waals surface area contributed by atoms with Crippen LogP contribution in [-0.2, 0) is 0 Å². The number of likely N-dealkylation sites (tertiary alicyclic amines) is 1. The van der Waals surface area contributed by atoms with Crippen molar-refractivity contribution in [2.24, 2.45) is 5.41 Å². The Morgan fingerprint density at radius 3 is 2.48 bits per heavy atom. The van der Waals surface area contributed by atoms with Gasteiger partial charge in [-0.05, 0) is 55.9 Å². The number of nitrogens with one attached hydrogen (secondary N) is 1. The fraction of sp³-hybridized carbons (Fsp3) is 0.611.